The Labute approximate surface area is 862 Å². The topological polar surface area (TPSA) is 758 Å². The molecular formula is C92H110Cl6N38O9. The number of guanidine groups is 2. The fourth-order valence-electron chi connectivity index (χ4n) is 14.7. The Morgan fingerprint density at radius 1 is 0.407 bits per heavy atom. The molecule has 0 fully saturated rings. The Morgan fingerprint density at radius 3 is 1.24 bits per heavy atom. The highest BCUT2D eigenvalue weighted by molar-refractivity contribution is 6.34. The second-order valence-electron chi connectivity index (χ2n) is 34.1. The number of hydrogen-bond acceptors (Lipinski definition) is 41. The highest BCUT2D eigenvalue weighted by Gasteiger charge is 2.35. The van der Waals surface area contributed by atoms with Gasteiger partial charge in [0, 0.05) is 84.3 Å². The summed E-state index contributed by atoms with van der Waals surface area (Å²) in [4.78, 5) is 161. The molecule has 12 heterocycles. The number of amides is 6. The molecule has 0 bridgehead atoms. The van der Waals surface area contributed by atoms with Crippen LogP contribution < -0.4 is 105 Å². The van der Waals surface area contributed by atoms with Crippen molar-refractivity contribution in [1.29, 1.82) is 0 Å². The molecule has 0 spiro atoms. The molecule has 6 aliphatic rings. The van der Waals surface area contributed by atoms with Crippen molar-refractivity contribution < 1.29 is 43.0 Å². The molecule has 47 nitrogen and oxygen atoms in total. The molecule has 16 rings (SSSR count). The van der Waals surface area contributed by atoms with E-state index in [2.05, 4.69) is 162 Å². The van der Waals surface area contributed by atoms with Gasteiger partial charge in [-0.3, -0.25) is 74.1 Å². The largest absolute Gasteiger partial charge is 0.497 e. The van der Waals surface area contributed by atoms with E-state index in [0.717, 1.165) is 93.4 Å². The molecule has 53 heteroatoms. The van der Waals surface area contributed by atoms with E-state index in [1.165, 1.54) is 5.56 Å². The van der Waals surface area contributed by atoms with E-state index in [-0.39, 0.29) is 158 Å². The lowest BCUT2D eigenvalue weighted by molar-refractivity contribution is -0.145. The van der Waals surface area contributed by atoms with Crippen LogP contribution in [0.15, 0.2) is 145 Å². The molecule has 30 N–H and O–H groups in total. The van der Waals surface area contributed by atoms with Gasteiger partial charge >= 0.3 is 5.97 Å². The number of carbonyl (C=O) groups excluding carboxylic acids is 7. The number of likely N-dealkylation sites (N-methyl/N-ethyl adjacent to an activating group) is 1. The summed E-state index contributed by atoms with van der Waals surface area (Å²) in [5.74, 6) is 1.42. The summed E-state index contributed by atoms with van der Waals surface area (Å²) in [5.41, 5.74) is 71.1. The minimum atomic E-state index is -0.519. The second-order valence-corrected chi connectivity index (χ2v) is 36.3. The number of carbonyl (C=O) groups is 7. The highest BCUT2D eigenvalue weighted by atomic mass is 35.5. The lowest BCUT2D eigenvalue weighted by Crippen LogP contribution is -2.42. The molecule has 0 radical (unpaired) electrons. The molecule has 4 aromatic carbocycles. The second kappa shape index (κ2) is 51.9. The summed E-state index contributed by atoms with van der Waals surface area (Å²) in [6.45, 7) is 12.1. The first-order chi connectivity index (χ1) is 69.2. The predicted octanol–water partition coefficient (Wildman–Crippen LogP) is 8.86. The molecular weight excluding hydrogens is 1990 g/mol. The lowest BCUT2D eigenvalue weighted by Gasteiger charge is -2.20. The molecule has 0 saturated carbocycles. The monoisotopic (exact) mass is 2100 g/mol. The zero-order valence-electron chi connectivity index (χ0n) is 79.4. The number of aromatic nitrogens is 12. The third kappa shape index (κ3) is 32.0. The number of aliphatic imine (C=N–C) groups is 6. The summed E-state index contributed by atoms with van der Waals surface area (Å²) < 4.78 is 10.5. The zero-order valence-corrected chi connectivity index (χ0v) is 84.0. The van der Waals surface area contributed by atoms with Crippen molar-refractivity contribution in [3.8, 4) is 5.75 Å². The summed E-state index contributed by atoms with van der Waals surface area (Å²) in [6.07, 6.45) is 9.73. The van der Waals surface area contributed by atoms with Crippen molar-refractivity contribution in [3.05, 3.63) is 203 Å². The van der Waals surface area contributed by atoms with Crippen molar-refractivity contribution >= 4 is 216 Å². The van der Waals surface area contributed by atoms with Gasteiger partial charge in [0.15, 0.2) is 135 Å². The fraction of sp³-hybridized carbons (Fsp3) is 0.337. The number of amidine groups is 4. The summed E-state index contributed by atoms with van der Waals surface area (Å²) >= 11 is 34.7. The SMILES string of the molecule is CC1(C)CN=C(NC(=O)c2nc(Cl)c(N)nc2N)C1.CC1CN=C(NC(=O)c2nc(Cl)c(N)nc2N)C1.CN1CCN=C1NC(=O)c1nc(Cl)c(N)nc1N.COc1ccc(CCCCN2CCN=C2NC(=O)c2nc(Cl)c(N)nc2N)cc1.Nc1nc(N)c(C(=O)NC2=NC(c3ccccc3)C(c3ccccc3)C2)nc1Cl.Nc1nc(N)c(C(=O)NC2=NCC(CCCCCC(=O)OCc3ccccc3)C2)nc1Cl. The fourth-order valence-corrected chi connectivity index (χ4v) is 15.5. The first-order valence-electron chi connectivity index (χ1n) is 45.2. The Kier molecular flexibility index (Phi) is 39.3. The number of anilines is 12. The number of nitrogens with zero attached hydrogens (tertiary/aromatic N) is 20. The van der Waals surface area contributed by atoms with Crippen molar-refractivity contribution in [3.63, 3.8) is 0 Å². The van der Waals surface area contributed by atoms with E-state index >= 15 is 0 Å². The number of nitrogen functional groups attached to an aromatic ring is 12. The number of nitrogens with one attached hydrogen (secondary N) is 6. The molecule has 0 aliphatic carbocycles. The van der Waals surface area contributed by atoms with Gasteiger partial charge in [0.2, 0.25) is 11.9 Å². The Hall–Kier alpha value is -15.6. The third-order valence-electron chi connectivity index (χ3n) is 22.2. The summed E-state index contributed by atoms with van der Waals surface area (Å²) in [6, 6.07) is 37.7. The van der Waals surface area contributed by atoms with Crippen LogP contribution in [0.2, 0.25) is 30.9 Å². The van der Waals surface area contributed by atoms with Gasteiger partial charge in [0.05, 0.1) is 26.2 Å². The molecule has 4 atom stereocenters. The highest BCUT2D eigenvalue weighted by Crippen LogP contribution is 2.42. The molecule has 145 heavy (non-hydrogen) atoms. The van der Waals surface area contributed by atoms with E-state index < -0.39 is 35.4 Å². The van der Waals surface area contributed by atoms with Gasteiger partial charge in [0.25, 0.3) is 35.4 Å². The quantitative estimate of drug-likeness (QED) is 0.0222. The standard InChI is InChI=1S/C22H27ClN6O3.C21H19ClN6O.C19H24ClN7O2.C11H15ClN6O.C10H13ClN6O.C9H12ClN7O/c23-19-21(25)29-20(24)18(28-19)22(31)27-16-11-15(12-26-16)9-5-2-6-10-17(30)32-13-14-7-3-1-4-8-14;22-18-20(24)28-19(23)17(27-18)21(29)26-15-11-14(12-7-3-1-4-8-12)16(25-15)13-9-5-2-6-10-13;1-29-13-7-5-12(6-8-13)4-2-3-10-27-11-9-23-19(27)26-18(28)14-16(21)25-17(22)15(20)24-14;1-11(2)3-5(15-4-11)16-10(19)6-8(13)18-9(14)7(12)17-6;1-4-2-5(14-3-4)15-10(18)6-8(12)17-9(13)7(11)16-6;1-17-3-2-13-9(17)16-8(18)4-6(11)15-7(12)5(10)14-4/h1,3-4,7-8,15H,2,5-6,9-13H2,(H4,24,25,29)(H,26,27,31);1-10,14,16H,11H2,(H4,23,24,28)(H,25,26,29);5-8H,2-4,9-11H2,1H3,(H4,21,22,25)(H,23,26,28);3-4H2,1-2H3,(H4,13,14,18)(H,15,16,19);4H,2-3H2,1H3,(H4,12,13,17)(H,14,15,18);2-3H2,1H3,(H4,11,12,15)(H,13,16,18). The van der Waals surface area contributed by atoms with Crippen LogP contribution in [-0.4, -0.2) is 213 Å². The van der Waals surface area contributed by atoms with Crippen molar-refractivity contribution in [2.45, 2.75) is 116 Å². The minimum absolute atomic E-state index is 0.00227. The van der Waals surface area contributed by atoms with Crippen LogP contribution in [-0.2, 0) is 22.6 Å². The number of aryl methyl sites for hydroxylation is 1. The Morgan fingerprint density at radius 2 is 0.814 bits per heavy atom. The Bertz CT molecular complexity index is 6560. The van der Waals surface area contributed by atoms with Gasteiger partial charge in [-0.2, -0.15) is 0 Å². The van der Waals surface area contributed by atoms with Gasteiger partial charge in [-0.25, -0.2) is 59.8 Å². The maximum atomic E-state index is 12.7. The number of ether oxygens (including phenoxy) is 2. The lowest BCUT2D eigenvalue weighted by atomic mass is 9.87. The van der Waals surface area contributed by atoms with E-state index in [9.17, 15) is 33.6 Å². The Balaban J connectivity index is 0.000000168. The number of hydrogen-bond donors (Lipinski definition) is 18. The summed E-state index contributed by atoms with van der Waals surface area (Å²) in [7, 11) is 3.48. The van der Waals surface area contributed by atoms with Gasteiger partial charge < -0.3 is 109 Å². The van der Waals surface area contributed by atoms with Gasteiger partial charge in [-0.05, 0) is 83.7 Å². The number of rotatable bonds is 22. The number of nitrogens with two attached hydrogens (primary N) is 12. The smallest absolute Gasteiger partial charge is 0.306 e. The summed E-state index contributed by atoms with van der Waals surface area (Å²) in [5, 5.41) is 15.8. The van der Waals surface area contributed by atoms with Crippen molar-refractivity contribution in [2.75, 3.05) is 135 Å². The van der Waals surface area contributed by atoms with Crippen LogP contribution in [0, 0.1) is 17.3 Å². The van der Waals surface area contributed by atoms with Gasteiger partial charge in [-0.1, -0.05) is 206 Å². The van der Waals surface area contributed by atoms with E-state index in [1.54, 1.807) is 12.0 Å². The number of benzene rings is 4. The van der Waals surface area contributed by atoms with Gasteiger partial charge in [0.1, 0.15) is 35.7 Å². The van der Waals surface area contributed by atoms with Crippen LogP contribution in [0.1, 0.15) is 189 Å². The molecule has 4 unspecified atom stereocenters. The van der Waals surface area contributed by atoms with Crippen molar-refractivity contribution in [1.82, 2.24) is 102 Å². The van der Waals surface area contributed by atoms with E-state index in [1.807, 2.05) is 103 Å². The van der Waals surface area contributed by atoms with Gasteiger partial charge in [-0.15, -0.1) is 0 Å². The molecule has 10 aromatic rings. The maximum absolute atomic E-state index is 12.7. The zero-order chi connectivity index (χ0) is 105. The maximum Gasteiger partial charge on any atom is 0.306 e. The number of unbranched alkanes of at least 4 members (excludes halogenated alkanes) is 3. The molecule has 764 valence electrons. The third-order valence-corrected chi connectivity index (χ3v) is 23.9. The van der Waals surface area contributed by atoms with Crippen LogP contribution >= 0.6 is 69.6 Å². The van der Waals surface area contributed by atoms with Crippen LogP contribution in [0.4, 0.5) is 69.8 Å². The minimum Gasteiger partial charge on any atom is -0.497 e. The number of esters is 1. The first-order valence-corrected chi connectivity index (χ1v) is 47.5. The normalized spacial score (nSPS) is 16.0. The van der Waals surface area contributed by atoms with E-state index in [0.29, 0.717) is 112 Å². The average molecular weight is 2100 g/mol. The van der Waals surface area contributed by atoms with Crippen molar-refractivity contribution in [2.24, 2.45) is 47.2 Å². The molecule has 6 aliphatic heterocycles. The first kappa shape index (κ1) is 110. The number of halogens is 6. The number of methoxy groups -OCH3 is 1. The van der Waals surface area contributed by atoms with Crippen LogP contribution in [0.3, 0.4) is 0 Å². The van der Waals surface area contributed by atoms with E-state index in [4.69, 9.17) is 153 Å². The van der Waals surface area contributed by atoms with Crippen LogP contribution in [0.5, 0.6) is 5.75 Å². The molecule has 6 amide bonds. The van der Waals surface area contributed by atoms with Crippen LogP contribution in [0.25, 0.3) is 0 Å². The average Bonchev–Trinajstić information content (AvgIpc) is 1.65. The molecule has 0 saturated heterocycles. The molecule has 6 aromatic heterocycles. The predicted molar refractivity (Wildman–Crippen MR) is 562 cm³/mol.